The molecule has 0 spiro atoms. The lowest BCUT2D eigenvalue weighted by molar-refractivity contribution is 0.0644. The van der Waals surface area contributed by atoms with Gasteiger partial charge in [-0.1, -0.05) is 13.8 Å². The molecule has 1 heterocycles. The minimum absolute atomic E-state index is 0.456. The number of alkyl halides is 2. The predicted octanol–water partition coefficient (Wildman–Crippen LogP) is 1.18. The van der Waals surface area contributed by atoms with E-state index in [1.807, 2.05) is 25.8 Å². The maximum Gasteiger partial charge on any atom is 0.254 e. The fraction of sp³-hybridized carbons (Fsp3) is 1.00. The van der Waals surface area contributed by atoms with Crippen molar-refractivity contribution in [2.75, 3.05) is 26.7 Å². The number of nitrogens with zero attached hydrogens (tertiary/aromatic N) is 1. The van der Waals surface area contributed by atoms with Crippen LogP contribution >= 0.6 is 0 Å². The second-order valence-corrected chi connectivity index (χ2v) is 2.66. The Bertz CT molecular complexity index is 109. The highest BCUT2D eigenvalue weighted by atomic mass is 19.3. The lowest BCUT2D eigenvalue weighted by Crippen LogP contribution is -2.52. The molecule has 1 saturated heterocycles. The third-order valence-corrected chi connectivity index (χ3v) is 1.71. The van der Waals surface area contributed by atoms with Gasteiger partial charge in [0.2, 0.25) is 0 Å². The van der Waals surface area contributed by atoms with Crippen molar-refractivity contribution in [3.63, 3.8) is 0 Å². The molecule has 0 aliphatic carbocycles. The van der Waals surface area contributed by atoms with Crippen molar-refractivity contribution < 1.29 is 8.78 Å². The second-order valence-electron chi connectivity index (χ2n) is 2.66. The standard InChI is InChI=1S/C6H12F2N2.C2H6/c1-10-3-2-9-5(4-10)6(7)8;1-2/h5-6,9H,2-4H2,1H3;1-2H3. The molecule has 1 rings (SSSR count). The van der Waals surface area contributed by atoms with Crippen LogP contribution in [0.4, 0.5) is 8.78 Å². The molecule has 4 heteroatoms. The first-order chi connectivity index (χ1) is 5.70. The Morgan fingerprint density at radius 2 is 2.00 bits per heavy atom. The Morgan fingerprint density at radius 3 is 2.33 bits per heavy atom. The Labute approximate surface area is 72.9 Å². The van der Waals surface area contributed by atoms with Crippen LogP contribution in [0.15, 0.2) is 0 Å². The molecule has 1 fully saturated rings. The maximum absolute atomic E-state index is 12.0. The monoisotopic (exact) mass is 180 g/mol. The van der Waals surface area contributed by atoms with Crippen molar-refractivity contribution in [2.24, 2.45) is 0 Å². The van der Waals surface area contributed by atoms with Crippen LogP contribution in [0.3, 0.4) is 0 Å². The molecule has 0 saturated carbocycles. The quantitative estimate of drug-likeness (QED) is 0.652. The molecule has 1 unspecified atom stereocenters. The van der Waals surface area contributed by atoms with Gasteiger partial charge in [0.1, 0.15) is 0 Å². The van der Waals surface area contributed by atoms with Gasteiger partial charge in [-0.3, -0.25) is 0 Å². The van der Waals surface area contributed by atoms with Crippen molar-refractivity contribution in [2.45, 2.75) is 26.3 Å². The van der Waals surface area contributed by atoms with Gasteiger partial charge in [-0.2, -0.15) is 0 Å². The molecule has 0 bridgehead atoms. The van der Waals surface area contributed by atoms with E-state index in [1.54, 1.807) is 0 Å². The molecule has 1 N–H and O–H groups in total. The Morgan fingerprint density at radius 1 is 1.42 bits per heavy atom. The highest BCUT2D eigenvalue weighted by Gasteiger charge is 2.24. The van der Waals surface area contributed by atoms with Crippen LogP contribution < -0.4 is 5.32 Å². The summed E-state index contributed by atoms with van der Waals surface area (Å²) in [5.74, 6) is 0. The van der Waals surface area contributed by atoms with Gasteiger partial charge < -0.3 is 10.2 Å². The van der Waals surface area contributed by atoms with Crippen LogP contribution in [0.1, 0.15) is 13.8 Å². The first-order valence-corrected chi connectivity index (χ1v) is 4.40. The summed E-state index contributed by atoms with van der Waals surface area (Å²) in [6, 6.07) is -0.626. The van der Waals surface area contributed by atoms with Gasteiger partial charge in [0.05, 0.1) is 6.04 Å². The lowest BCUT2D eigenvalue weighted by atomic mass is 10.2. The summed E-state index contributed by atoms with van der Waals surface area (Å²) in [5.41, 5.74) is 0. The van der Waals surface area contributed by atoms with Crippen LogP contribution in [0, 0.1) is 0 Å². The smallest absolute Gasteiger partial charge is 0.254 e. The molecule has 0 aromatic rings. The fourth-order valence-corrected chi connectivity index (χ4v) is 1.10. The highest BCUT2D eigenvalue weighted by molar-refractivity contribution is 4.78. The largest absolute Gasteiger partial charge is 0.307 e. The average molecular weight is 180 g/mol. The van der Waals surface area contributed by atoms with Crippen LogP contribution in [-0.4, -0.2) is 44.0 Å². The predicted molar refractivity (Wildman–Crippen MR) is 46.6 cm³/mol. The maximum atomic E-state index is 12.0. The summed E-state index contributed by atoms with van der Waals surface area (Å²) < 4.78 is 24.0. The van der Waals surface area contributed by atoms with E-state index in [-0.39, 0.29) is 0 Å². The summed E-state index contributed by atoms with van der Waals surface area (Å²) in [5, 5.41) is 2.76. The number of nitrogens with one attached hydrogen (secondary N) is 1. The second kappa shape index (κ2) is 6.31. The van der Waals surface area contributed by atoms with Gasteiger partial charge in [-0.15, -0.1) is 0 Å². The average Bonchev–Trinajstić information content (AvgIpc) is 2.08. The van der Waals surface area contributed by atoms with Crippen LogP contribution in [0.25, 0.3) is 0 Å². The summed E-state index contributed by atoms with van der Waals surface area (Å²) >= 11 is 0. The number of halogens is 2. The van der Waals surface area contributed by atoms with Crippen LogP contribution in [0.5, 0.6) is 0 Å². The summed E-state index contributed by atoms with van der Waals surface area (Å²) in [4.78, 5) is 1.91. The van der Waals surface area contributed by atoms with Crippen molar-refractivity contribution in [1.82, 2.24) is 10.2 Å². The molecule has 2 nitrogen and oxygen atoms in total. The first-order valence-electron chi connectivity index (χ1n) is 4.40. The topological polar surface area (TPSA) is 15.3 Å². The van der Waals surface area contributed by atoms with Crippen molar-refractivity contribution in [3.8, 4) is 0 Å². The molecule has 0 aromatic heterocycles. The van der Waals surface area contributed by atoms with Gasteiger partial charge >= 0.3 is 0 Å². The molecule has 1 aliphatic heterocycles. The number of rotatable bonds is 1. The molecular weight excluding hydrogens is 162 g/mol. The van der Waals surface area contributed by atoms with Crippen molar-refractivity contribution in [3.05, 3.63) is 0 Å². The molecule has 74 valence electrons. The summed E-state index contributed by atoms with van der Waals surface area (Å²) in [6.45, 7) is 5.99. The van der Waals surface area contributed by atoms with E-state index >= 15 is 0 Å². The Kier molecular flexibility index (Phi) is 6.20. The number of hydrogen-bond acceptors (Lipinski definition) is 2. The molecular formula is C8H18F2N2. The zero-order valence-corrected chi connectivity index (χ0v) is 7.98. The zero-order chi connectivity index (χ0) is 9.56. The third-order valence-electron chi connectivity index (χ3n) is 1.71. The van der Waals surface area contributed by atoms with E-state index in [0.29, 0.717) is 13.1 Å². The normalized spacial score (nSPS) is 25.0. The van der Waals surface area contributed by atoms with Crippen molar-refractivity contribution in [1.29, 1.82) is 0 Å². The molecule has 12 heavy (non-hydrogen) atoms. The molecule has 1 aliphatic rings. The van der Waals surface area contributed by atoms with Gasteiger partial charge in [0.25, 0.3) is 6.43 Å². The molecule has 1 atom stereocenters. The van der Waals surface area contributed by atoms with Crippen LogP contribution in [-0.2, 0) is 0 Å². The lowest BCUT2D eigenvalue weighted by Gasteiger charge is -2.30. The fourth-order valence-electron chi connectivity index (χ4n) is 1.10. The van der Waals surface area contributed by atoms with E-state index in [2.05, 4.69) is 5.32 Å². The van der Waals surface area contributed by atoms with Crippen molar-refractivity contribution >= 4 is 0 Å². The number of hydrogen-bond donors (Lipinski definition) is 1. The van der Waals surface area contributed by atoms with E-state index < -0.39 is 12.5 Å². The molecule has 0 amide bonds. The van der Waals surface area contributed by atoms with Gasteiger partial charge in [0.15, 0.2) is 0 Å². The number of piperazine rings is 1. The zero-order valence-electron chi connectivity index (χ0n) is 7.98. The Hall–Kier alpha value is -0.220. The van der Waals surface area contributed by atoms with Crippen LogP contribution in [0.2, 0.25) is 0 Å². The first kappa shape index (κ1) is 11.8. The van der Waals surface area contributed by atoms with Gasteiger partial charge in [-0.05, 0) is 7.05 Å². The van der Waals surface area contributed by atoms with E-state index in [0.717, 1.165) is 6.54 Å². The summed E-state index contributed by atoms with van der Waals surface area (Å²) in [7, 11) is 1.86. The summed E-state index contributed by atoms with van der Waals surface area (Å²) in [6.07, 6.45) is -2.23. The van der Waals surface area contributed by atoms with Gasteiger partial charge in [-0.25, -0.2) is 8.78 Å². The SMILES string of the molecule is CC.CN1CCNC(C(F)F)C1. The number of likely N-dealkylation sites (N-methyl/N-ethyl adjacent to an activating group) is 1. The molecule has 0 radical (unpaired) electrons. The van der Waals surface area contributed by atoms with E-state index in [1.165, 1.54) is 0 Å². The minimum atomic E-state index is -2.23. The highest BCUT2D eigenvalue weighted by Crippen LogP contribution is 2.05. The van der Waals surface area contributed by atoms with E-state index in [4.69, 9.17) is 0 Å². The third kappa shape index (κ3) is 3.97. The van der Waals surface area contributed by atoms with E-state index in [9.17, 15) is 8.78 Å². The minimum Gasteiger partial charge on any atom is -0.307 e. The molecule has 0 aromatic carbocycles. The van der Waals surface area contributed by atoms with Gasteiger partial charge in [0, 0.05) is 19.6 Å². The Balaban J connectivity index is 0.000000561.